The SMILES string of the molecule is C[C@@H](C(=O)N1CCSC1)[C@@H](O)c1ccncc1. The average Bonchev–Trinajstić information content (AvgIpc) is 2.91. The molecule has 2 atom stereocenters. The van der Waals surface area contributed by atoms with Crippen molar-refractivity contribution in [3.8, 4) is 0 Å². The van der Waals surface area contributed by atoms with Crippen molar-refractivity contribution >= 4 is 17.7 Å². The first-order valence-corrected chi connectivity index (χ1v) is 6.80. The first kappa shape index (κ1) is 12.4. The van der Waals surface area contributed by atoms with Crippen LogP contribution in [0.25, 0.3) is 0 Å². The van der Waals surface area contributed by atoms with Crippen LogP contribution in [0.15, 0.2) is 24.5 Å². The van der Waals surface area contributed by atoms with Gasteiger partial charge >= 0.3 is 0 Å². The molecule has 1 fully saturated rings. The molecule has 1 N–H and O–H groups in total. The third-order valence-electron chi connectivity index (χ3n) is 2.98. The fraction of sp³-hybridized carbons (Fsp3) is 0.500. The lowest BCUT2D eigenvalue weighted by Crippen LogP contribution is -2.35. The van der Waals surface area contributed by atoms with Gasteiger partial charge in [-0.3, -0.25) is 9.78 Å². The molecule has 0 aromatic carbocycles. The lowest BCUT2D eigenvalue weighted by molar-refractivity contribution is -0.137. The van der Waals surface area contributed by atoms with Crippen molar-refractivity contribution < 1.29 is 9.90 Å². The molecule has 0 unspecified atom stereocenters. The Morgan fingerprint density at radius 3 is 2.82 bits per heavy atom. The summed E-state index contributed by atoms with van der Waals surface area (Å²) in [6.45, 7) is 2.56. The van der Waals surface area contributed by atoms with Crippen LogP contribution in [0.4, 0.5) is 0 Å². The highest BCUT2D eigenvalue weighted by atomic mass is 32.2. The Balaban J connectivity index is 2.04. The normalized spacial score (nSPS) is 19.1. The average molecular weight is 252 g/mol. The molecule has 1 aliphatic rings. The highest BCUT2D eigenvalue weighted by Crippen LogP contribution is 2.25. The zero-order chi connectivity index (χ0) is 12.3. The number of hydrogen-bond acceptors (Lipinski definition) is 4. The zero-order valence-electron chi connectivity index (χ0n) is 9.74. The van der Waals surface area contributed by atoms with Crippen LogP contribution in [-0.4, -0.2) is 39.1 Å². The summed E-state index contributed by atoms with van der Waals surface area (Å²) in [5.41, 5.74) is 0.743. The summed E-state index contributed by atoms with van der Waals surface area (Å²) in [6, 6.07) is 3.49. The smallest absolute Gasteiger partial charge is 0.229 e. The van der Waals surface area contributed by atoms with E-state index >= 15 is 0 Å². The van der Waals surface area contributed by atoms with Gasteiger partial charge < -0.3 is 10.0 Å². The van der Waals surface area contributed by atoms with Crippen LogP contribution in [0.1, 0.15) is 18.6 Å². The van der Waals surface area contributed by atoms with Crippen molar-refractivity contribution in [3.63, 3.8) is 0 Å². The van der Waals surface area contributed by atoms with Crippen LogP contribution in [0.3, 0.4) is 0 Å². The Morgan fingerprint density at radius 1 is 1.53 bits per heavy atom. The number of carbonyl (C=O) groups is 1. The molecular formula is C12H16N2O2S. The maximum absolute atomic E-state index is 12.1. The molecule has 2 rings (SSSR count). The number of amides is 1. The lowest BCUT2D eigenvalue weighted by Gasteiger charge is -2.23. The number of aromatic nitrogens is 1. The predicted octanol–water partition coefficient (Wildman–Crippen LogP) is 1.28. The van der Waals surface area contributed by atoms with Gasteiger partial charge in [-0.05, 0) is 17.7 Å². The van der Waals surface area contributed by atoms with E-state index in [1.807, 2.05) is 0 Å². The molecule has 1 amide bonds. The van der Waals surface area contributed by atoms with Gasteiger partial charge in [-0.15, -0.1) is 11.8 Å². The highest BCUT2D eigenvalue weighted by Gasteiger charge is 2.29. The number of aliphatic hydroxyl groups is 1. The van der Waals surface area contributed by atoms with Gasteiger partial charge in [-0.2, -0.15) is 0 Å². The minimum absolute atomic E-state index is 0.0271. The van der Waals surface area contributed by atoms with Crippen molar-refractivity contribution in [1.29, 1.82) is 0 Å². The molecule has 17 heavy (non-hydrogen) atoms. The van der Waals surface area contributed by atoms with E-state index in [1.54, 1.807) is 48.1 Å². The van der Waals surface area contributed by atoms with Crippen LogP contribution >= 0.6 is 11.8 Å². The second kappa shape index (κ2) is 5.51. The van der Waals surface area contributed by atoms with Crippen LogP contribution < -0.4 is 0 Å². The van der Waals surface area contributed by atoms with Crippen molar-refractivity contribution in [2.24, 2.45) is 5.92 Å². The summed E-state index contributed by atoms with van der Waals surface area (Å²) in [5.74, 6) is 1.35. The van der Waals surface area contributed by atoms with E-state index in [0.29, 0.717) is 0 Å². The van der Waals surface area contributed by atoms with E-state index in [9.17, 15) is 9.90 Å². The van der Waals surface area contributed by atoms with Crippen LogP contribution in [0, 0.1) is 5.92 Å². The van der Waals surface area contributed by atoms with E-state index < -0.39 is 12.0 Å². The molecule has 1 aromatic heterocycles. The van der Waals surface area contributed by atoms with Gasteiger partial charge in [0, 0.05) is 24.7 Å². The summed E-state index contributed by atoms with van der Waals surface area (Å²) < 4.78 is 0. The maximum Gasteiger partial charge on any atom is 0.229 e. The van der Waals surface area contributed by atoms with Gasteiger partial charge in [-0.25, -0.2) is 0 Å². The largest absolute Gasteiger partial charge is 0.388 e. The first-order chi connectivity index (χ1) is 8.20. The molecule has 1 saturated heterocycles. The molecule has 0 radical (unpaired) electrons. The Bertz CT molecular complexity index is 379. The molecule has 1 aromatic rings. The number of nitrogens with zero attached hydrogens (tertiary/aromatic N) is 2. The standard InChI is InChI=1S/C12H16N2O2S/c1-9(12(16)14-6-7-17-8-14)11(15)10-2-4-13-5-3-10/h2-5,9,11,15H,6-8H2,1H3/t9-,11-/m1/s1. The van der Waals surface area contributed by atoms with Gasteiger partial charge in [-0.1, -0.05) is 6.92 Å². The minimum atomic E-state index is -0.754. The Hall–Kier alpha value is -1.07. The van der Waals surface area contributed by atoms with Gasteiger partial charge in [0.1, 0.15) is 0 Å². The zero-order valence-corrected chi connectivity index (χ0v) is 10.6. The number of thioether (sulfide) groups is 1. The first-order valence-electron chi connectivity index (χ1n) is 5.64. The van der Waals surface area contributed by atoms with Crippen molar-refractivity contribution in [1.82, 2.24) is 9.88 Å². The number of pyridine rings is 1. The molecule has 2 heterocycles. The second-order valence-corrected chi connectivity index (χ2v) is 5.23. The maximum atomic E-state index is 12.1. The van der Waals surface area contributed by atoms with Crippen molar-refractivity contribution in [2.45, 2.75) is 13.0 Å². The van der Waals surface area contributed by atoms with Gasteiger partial charge in [0.15, 0.2) is 0 Å². The van der Waals surface area contributed by atoms with E-state index in [2.05, 4.69) is 4.98 Å². The molecular weight excluding hydrogens is 236 g/mol. The van der Waals surface area contributed by atoms with Crippen molar-refractivity contribution in [2.75, 3.05) is 18.2 Å². The van der Waals surface area contributed by atoms with E-state index in [4.69, 9.17) is 0 Å². The summed E-state index contributed by atoms with van der Waals surface area (Å²) >= 11 is 1.75. The highest BCUT2D eigenvalue weighted by molar-refractivity contribution is 7.99. The summed E-state index contributed by atoms with van der Waals surface area (Å²) in [4.78, 5) is 17.8. The molecule has 0 bridgehead atoms. The lowest BCUT2D eigenvalue weighted by atomic mass is 9.97. The summed E-state index contributed by atoms with van der Waals surface area (Å²) in [7, 11) is 0. The van der Waals surface area contributed by atoms with Gasteiger partial charge in [0.2, 0.25) is 5.91 Å². The molecule has 0 saturated carbocycles. The van der Waals surface area contributed by atoms with Crippen LogP contribution in [-0.2, 0) is 4.79 Å². The minimum Gasteiger partial charge on any atom is -0.388 e. The molecule has 1 aliphatic heterocycles. The van der Waals surface area contributed by atoms with Crippen LogP contribution in [0.2, 0.25) is 0 Å². The topological polar surface area (TPSA) is 53.4 Å². The Labute approximate surface area is 105 Å². The molecule has 0 aliphatic carbocycles. The number of aliphatic hydroxyl groups excluding tert-OH is 1. The summed E-state index contributed by atoms with van der Waals surface area (Å²) in [6.07, 6.45) is 2.50. The molecule has 92 valence electrons. The summed E-state index contributed by atoms with van der Waals surface area (Å²) in [5, 5.41) is 10.1. The number of hydrogen-bond donors (Lipinski definition) is 1. The van der Waals surface area contributed by atoms with E-state index in [-0.39, 0.29) is 5.91 Å². The molecule has 0 spiro atoms. The Kier molecular flexibility index (Phi) is 4.02. The Morgan fingerprint density at radius 2 is 2.24 bits per heavy atom. The van der Waals surface area contributed by atoms with E-state index in [1.165, 1.54) is 0 Å². The number of carbonyl (C=O) groups excluding carboxylic acids is 1. The third kappa shape index (κ3) is 2.79. The fourth-order valence-corrected chi connectivity index (χ4v) is 2.82. The number of rotatable bonds is 3. The molecule has 4 nitrogen and oxygen atoms in total. The van der Waals surface area contributed by atoms with Crippen molar-refractivity contribution in [3.05, 3.63) is 30.1 Å². The van der Waals surface area contributed by atoms with E-state index in [0.717, 1.165) is 23.7 Å². The molecule has 5 heteroatoms. The van der Waals surface area contributed by atoms with Gasteiger partial charge in [0.25, 0.3) is 0 Å². The van der Waals surface area contributed by atoms with Gasteiger partial charge in [0.05, 0.1) is 17.9 Å². The fourth-order valence-electron chi connectivity index (χ4n) is 1.86. The monoisotopic (exact) mass is 252 g/mol. The van der Waals surface area contributed by atoms with Crippen LogP contribution in [0.5, 0.6) is 0 Å². The third-order valence-corrected chi connectivity index (χ3v) is 3.94. The quantitative estimate of drug-likeness (QED) is 0.880. The predicted molar refractivity (Wildman–Crippen MR) is 67.4 cm³/mol. The second-order valence-electron chi connectivity index (χ2n) is 4.15.